The molecule has 1 N–H and O–H groups in total. The van der Waals surface area contributed by atoms with E-state index in [1.54, 1.807) is 0 Å². The first-order valence-electron chi connectivity index (χ1n) is 4.86. The third-order valence-electron chi connectivity index (χ3n) is 2.47. The molecule has 1 aromatic carbocycles. The van der Waals surface area contributed by atoms with Gasteiger partial charge in [0.1, 0.15) is 0 Å². The van der Waals surface area contributed by atoms with Gasteiger partial charge in [-0.15, -0.1) is 0 Å². The average Bonchev–Trinajstić information content (AvgIpc) is 2.02. The van der Waals surface area contributed by atoms with E-state index >= 15 is 0 Å². The van der Waals surface area contributed by atoms with Crippen LogP contribution in [-0.4, -0.2) is 13.6 Å². The smallest absolute Gasteiger partial charge is 0.00112 e. The number of nitrogens with one attached hydrogen (secondary N) is 1. The van der Waals surface area contributed by atoms with Crippen LogP contribution in [0.4, 0.5) is 0 Å². The molecule has 1 aromatic rings. The number of benzene rings is 1. The monoisotopic (exact) mass is 177 g/mol. The highest BCUT2D eigenvalue weighted by Crippen LogP contribution is 2.16. The lowest BCUT2D eigenvalue weighted by Crippen LogP contribution is -2.12. The Kier molecular flexibility index (Phi) is 3.49. The molecule has 0 radical (unpaired) electrons. The summed E-state index contributed by atoms with van der Waals surface area (Å²) >= 11 is 0. The molecule has 0 atom stereocenters. The first-order chi connectivity index (χ1) is 6.15. The number of aryl methyl sites for hydroxylation is 3. The molecule has 0 aliphatic heterocycles. The highest BCUT2D eigenvalue weighted by atomic mass is 14.8. The number of rotatable bonds is 3. The molecule has 1 heteroatoms. The molecule has 1 nitrogen and oxygen atoms in total. The average molecular weight is 177 g/mol. The largest absolute Gasteiger partial charge is 0.319 e. The zero-order chi connectivity index (χ0) is 9.84. The van der Waals surface area contributed by atoms with Crippen LogP contribution in [0, 0.1) is 20.8 Å². The predicted octanol–water partition coefficient (Wildman–Crippen LogP) is 2.37. The van der Waals surface area contributed by atoms with Crippen molar-refractivity contribution < 1.29 is 0 Å². The topological polar surface area (TPSA) is 12.0 Å². The van der Waals surface area contributed by atoms with Crippen LogP contribution in [0.3, 0.4) is 0 Å². The van der Waals surface area contributed by atoms with Gasteiger partial charge in [0.05, 0.1) is 0 Å². The van der Waals surface area contributed by atoms with Gasteiger partial charge in [-0.05, 0) is 57.5 Å². The van der Waals surface area contributed by atoms with Gasteiger partial charge in [-0.2, -0.15) is 0 Å². The fraction of sp³-hybridized carbons (Fsp3) is 0.500. The lowest BCUT2D eigenvalue weighted by molar-refractivity contribution is 0.785. The quantitative estimate of drug-likeness (QED) is 0.747. The molecule has 0 amide bonds. The zero-order valence-electron chi connectivity index (χ0n) is 9.07. The molecule has 0 bridgehead atoms. The van der Waals surface area contributed by atoms with Crippen molar-refractivity contribution in [3.8, 4) is 0 Å². The molecule has 0 aliphatic carbocycles. The minimum absolute atomic E-state index is 1.06. The van der Waals surface area contributed by atoms with E-state index in [1.165, 1.54) is 22.3 Å². The molecule has 0 aliphatic rings. The standard InChI is InChI=1S/C12H19N/c1-9-7-10(2)12(5-6-13-4)11(3)8-9/h7-8,13H,5-6H2,1-4H3. The van der Waals surface area contributed by atoms with E-state index in [2.05, 4.69) is 38.2 Å². The molecule has 13 heavy (non-hydrogen) atoms. The fourth-order valence-corrected chi connectivity index (χ4v) is 1.85. The van der Waals surface area contributed by atoms with Gasteiger partial charge in [0.2, 0.25) is 0 Å². The van der Waals surface area contributed by atoms with Crippen molar-refractivity contribution >= 4 is 0 Å². The van der Waals surface area contributed by atoms with Crippen LogP contribution >= 0.6 is 0 Å². The van der Waals surface area contributed by atoms with E-state index in [0.29, 0.717) is 0 Å². The zero-order valence-corrected chi connectivity index (χ0v) is 9.07. The summed E-state index contributed by atoms with van der Waals surface area (Å²) in [7, 11) is 2.00. The molecule has 1 rings (SSSR count). The van der Waals surface area contributed by atoms with Gasteiger partial charge in [0, 0.05) is 0 Å². The lowest BCUT2D eigenvalue weighted by Gasteiger charge is -2.10. The van der Waals surface area contributed by atoms with E-state index in [4.69, 9.17) is 0 Å². The summed E-state index contributed by atoms with van der Waals surface area (Å²) in [6, 6.07) is 4.52. The summed E-state index contributed by atoms with van der Waals surface area (Å²) in [5.41, 5.74) is 5.71. The van der Waals surface area contributed by atoms with Gasteiger partial charge in [0.15, 0.2) is 0 Å². The highest BCUT2D eigenvalue weighted by molar-refractivity contribution is 5.37. The molecule has 0 aromatic heterocycles. The van der Waals surface area contributed by atoms with E-state index < -0.39 is 0 Å². The lowest BCUT2D eigenvalue weighted by atomic mass is 9.97. The molecule has 72 valence electrons. The third-order valence-corrected chi connectivity index (χ3v) is 2.47. The third kappa shape index (κ3) is 2.56. The van der Waals surface area contributed by atoms with E-state index in [9.17, 15) is 0 Å². The van der Waals surface area contributed by atoms with E-state index in [0.717, 1.165) is 13.0 Å². The Balaban J connectivity index is 2.92. The summed E-state index contributed by atoms with van der Waals surface area (Å²) < 4.78 is 0. The predicted molar refractivity (Wildman–Crippen MR) is 58.3 cm³/mol. The van der Waals surface area contributed by atoms with Crippen molar-refractivity contribution in [3.05, 3.63) is 34.4 Å². The van der Waals surface area contributed by atoms with E-state index in [1.807, 2.05) is 7.05 Å². The minimum atomic E-state index is 1.06. The Labute approximate surface area is 81.2 Å². The maximum absolute atomic E-state index is 3.19. The minimum Gasteiger partial charge on any atom is -0.319 e. The molecule has 0 spiro atoms. The van der Waals surface area contributed by atoms with Crippen molar-refractivity contribution in [2.24, 2.45) is 0 Å². The maximum Gasteiger partial charge on any atom is -0.00112 e. The Morgan fingerprint density at radius 1 is 1.08 bits per heavy atom. The molecule has 0 saturated heterocycles. The van der Waals surface area contributed by atoms with Crippen LogP contribution in [-0.2, 0) is 6.42 Å². The fourth-order valence-electron chi connectivity index (χ4n) is 1.85. The van der Waals surface area contributed by atoms with Gasteiger partial charge in [-0.3, -0.25) is 0 Å². The van der Waals surface area contributed by atoms with E-state index in [-0.39, 0.29) is 0 Å². The van der Waals surface area contributed by atoms with Crippen molar-refractivity contribution in [3.63, 3.8) is 0 Å². The van der Waals surface area contributed by atoms with Gasteiger partial charge in [-0.25, -0.2) is 0 Å². The number of hydrogen-bond acceptors (Lipinski definition) is 1. The maximum atomic E-state index is 3.19. The molecule has 0 heterocycles. The van der Waals surface area contributed by atoms with Crippen molar-refractivity contribution in [1.29, 1.82) is 0 Å². The van der Waals surface area contributed by atoms with Crippen LogP contribution < -0.4 is 5.32 Å². The van der Waals surface area contributed by atoms with Crippen molar-refractivity contribution in [2.75, 3.05) is 13.6 Å². The highest BCUT2D eigenvalue weighted by Gasteiger charge is 2.02. The van der Waals surface area contributed by atoms with Crippen molar-refractivity contribution in [1.82, 2.24) is 5.32 Å². The summed E-state index contributed by atoms with van der Waals surface area (Å²) in [4.78, 5) is 0. The molecular formula is C12H19N. The Morgan fingerprint density at radius 2 is 1.62 bits per heavy atom. The Morgan fingerprint density at radius 3 is 2.08 bits per heavy atom. The summed E-state index contributed by atoms with van der Waals surface area (Å²) in [6.45, 7) is 7.61. The normalized spacial score (nSPS) is 10.5. The second-order valence-electron chi connectivity index (χ2n) is 3.73. The molecular weight excluding hydrogens is 158 g/mol. The van der Waals surface area contributed by atoms with Crippen molar-refractivity contribution in [2.45, 2.75) is 27.2 Å². The Hall–Kier alpha value is -0.820. The number of hydrogen-bond donors (Lipinski definition) is 1. The van der Waals surface area contributed by atoms with Crippen LogP contribution in [0.5, 0.6) is 0 Å². The number of likely N-dealkylation sites (N-methyl/N-ethyl adjacent to an activating group) is 1. The second-order valence-corrected chi connectivity index (χ2v) is 3.73. The molecule has 0 saturated carbocycles. The first-order valence-corrected chi connectivity index (χ1v) is 4.86. The first kappa shape index (κ1) is 10.3. The SMILES string of the molecule is CNCCc1c(C)cc(C)cc1C. The summed E-state index contributed by atoms with van der Waals surface area (Å²) in [6.07, 6.45) is 1.13. The molecule has 0 unspecified atom stereocenters. The van der Waals surface area contributed by atoms with Crippen LogP contribution in [0.25, 0.3) is 0 Å². The van der Waals surface area contributed by atoms with Crippen LogP contribution in [0.15, 0.2) is 12.1 Å². The van der Waals surface area contributed by atoms with Crippen LogP contribution in [0.2, 0.25) is 0 Å². The van der Waals surface area contributed by atoms with Gasteiger partial charge in [-0.1, -0.05) is 17.7 Å². The van der Waals surface area contributed by atoms with Gasteiger partial charge < -0.3 is 5.32 Å². The summed E-state index contributed by atoms with van der Waals surface area (Å²) in [5, 5.41) is 3.19. The van der Waals surface area contributed by atoms with Gasteiger partial charge >= 0.3 is 0 Å². The molecule has 0 fully saturated rings. The van der Waals surface area contributed by atoms with Crippen LogP contribution in [0.1, 0.15) is 22.3 Å². The summed E-state index contributed by atoms with van der Waals surface area (Å²) in [5.74, 6) is 0. The Bertz CT molecular complexity index is 266. The van der Waals surface area contributed by atoms with Gasteiger partial charge in [0.25, 0.3) is 0 Å². The second kappa shape index (κ2) is 4.43.